The summed E-state index contributed by atoms with van der Waals surface area (Å²) in [6.07, 6.45) is 6.39. The van der Waals surface area contributed by atoms with Crippen molar-refractivity contribution in [2.75, 3.05) is 19.6 Å². The summed E-state index contributed by atoms with van der Waals surface area (Å²) in [6.45, 7) is 8.66. The summed E-state index contributed by atoms with van der Waals surface area (Å²) in [5.41, 5.74) is 1.99. The Kier molecular flexibility index (Phi) is 4.45. The lowest BCUT2D eigenvalue weighted by atomic mass is 10.3. The number of hydrogen-bond donors (Lipinski definition) is 1. The molecule has 0 aromatic carbocycles. The second-order valence-electron chi connectivity index (χ2n) is 4.94. The van der Waals surface area contributed by atoms with Gasteiger partial charge in [-0.15, -0.1) is 0 Å². The molecule has 2 heterocycles. The average Bonchev–Trinajstić information content (AvgIpc) is 2.81. The Hall–Kier alpha value is -1.00. The lowest BCUT2D eigenvalue weighted by Gasteiger charge is -2.21. The van der Waals surface area contributed by atoms with Crippen molar-refractivity contribution in [1.29, 1.82) is 0 Å². The number of nitrogens with one attached hydrogen (secondary N) is 1. The molecule has 2 rings (SSSR count). The molecule has 0 spiro atoms. The lowest BCUT2D eigenvalue weighted by Crippen LogP contribution is -2.37. The van der Waals surface area contributed by atoms with Crippen LogP contribution < -0.4 is 5.32 Å². The molecular formula is C13H22N4. The average molecular weight is 234 g/mol. The van der Waals surface area contributed by atoms with Gasteiger partial charge in [-0.3, -0.25) is 9.97 Å². The minimum absolute atomic E-state index is 0.510. The van der Waals surface area contributed by atoms with Gasteiger partial charge < -0.3 is 10.2 Å². The molecule has 1 saturated heterocycles. The predicted octanol–water partition coefficient (Wildman–Crippen LogP) is 1.36. The minimum Gasteiger partial charge on any atom is -0.307 e. The summed E-state index contributed by atoms with van der Waals surface area (Å²) in [5.74, 6) is 0. The Morgan fingerprint density at radius 3 is 2.71 bits per heavy atom. The molecule has 4 nitrogen and oxygen atoms in total. The summed E-state index contributed by atoms with van der Waals surface area (Å²) < 4.78 is 0. The molecule has 1 aromatic heterocycles. The maximum Gasteiger partial charge on any atom is 0.0724 e. The van der Waals surface area contributed by atoms with Gasteiger partial charge in [0.25, 0.3) is 0 Å². The summed E-state index contributed by atoms with van der Waals surface area (Å²) >= 11 is 0. The van der Waals surface area contributed by atoms with Crippen molar-refractivity contribution in [3.05, 3.63) is 23.8 Å². The van der Waals surface area contributed by atoms with E-state index in [1.807, 2.05) is 19.3 Å². The Labute approximate surface area is 103 Å². The zero-order chi connectivity index (χ0) is 12.1. The first-order chi connectivity index (χ1) is 8.24. The molecule has 94 valence electrons. The number of hydrogen-bond acceptors (Lipinski definition) is 4. The maximum absolute atomic E-state index is 4.34. The van der Waals surface area contributed by atoms with E-state index in [1.165, 1.54) is 25.9 Å². The SMILES string of the molecule is Cc1cnc(CNC(C)CN2CCCC2)cn1. The molecule has 0 bridgehead atoms. The molecule has 1 unspecified atom stereocenters. The first kappa shape index (κ1) is 12.5. The van der Waals surface area contributed by atoms with Gasteiger partial charge in [0.05, 0.1) is 11.4 Å². The summed E-state index contributed by atoms with van der Waals surface area (Å²) in [4.78, 5) is 11.1. The van der Waals surface area contributed by atoms with Gasteiger partial charge in [0.1, 0.15) is 0 Å². The third-order valence-electron chi connectivity index (χ3n) is 3.20. The molecule has 0 aliphatic carbocycles. The van der Waals surface area contributed by atoms with Crippen LogP contribution in [0.5, 0.6) is 0 Å². The minimum atomic E-state index is 0.510. The van der Waals surface area contributed by atoms with E-state index in [9.17, 15) is 0 Å². The van der Waals surface area contributed by atoms with Crippen LogP contribution >= 0.6 is 0 Å². The van der Waals surface area contributed by atoms with Crippen LogP contribution in [0.3, 0.4) is 0 Å². The highest BCUT2D eigenvalue weighted by molar-refractivity contribution is 5.00. The molecule has 17 heavy (non-hydrogen) atoms. The molecule has 0 amide bonds. The molecule has 4 heteroatoms. The predicted molar refractivity (Wildman–Crippen MR) is 68.7 cm³/mol. The van der Waals surface area contributed by atoms with Crippen LogP contribution in [0.4, 0.5) is 0 Å². The highest BCUT2D eigenvalue weighted by atomic mass is 15.2. The van der Waals surface area contributed by atoms with Crippen molar-refractivity contribution < 1.29 is 0 Å². The van der Waals surface area contributed by atoms with Gasteiger partial charge in [0.15, 0.2) is 0 Å². The van der Waals surface area contributed by atoms with E-state index >= 15 is 0 Å². The van der Waals surface area contributed by atoms with Gasteiger partial charge in [0.2, 0.25) is 0 Å². The smallest absolute Gasteiger partial charge is 0.0724 e. The second-order valence-corrected chi connectivity index (χ2v) is 4.94. The van der Waals surface area contributed by atoms with E-state index in [4.69, 9.17) is 0 Å². The van der Waals surface area contributed by atoms with E-state index in [1.54, 1.807) is 0 Å². The van der Waals surface area contributed by atoms with Crippen molar-refractivity contribution in [3.8, 4) is 0 Å². The fourth-order valence-electron chi connectivity index (χ4n) is 2.21. The molecule has 1 N–H and O–H groups in total. The molecule has 1 aliphatic heterocycles. The van der Waals surface area contributed by atoms with Crippen LogP contribution in [-0.2, 0) is 6.54 Å². The summed E-state index contributed by atoms with van der Waals surface area (Å²) in [6, 6.07) is 0.510. The molecule has 1 aliphatic rings. The van der Waals surface area contributed by atoms with Crippen molar-refractivity contribution in [3.63, 3.8) is 0 Å². The Morgan fingerprint density at radius 2 is 2.06 bits per heavy atom. The van der Waals surface area contributed by atoms with Gasteiger partial charge in [-0.1, -0.05) is 0 Å². The van der Waals surface area contributed by atoms with Crippen molar-refractivity contribution in [2.45, 2.75) is 39.3 Å². The molecule has 1 atom stereocenters. The van der Waals surface area contributed by atoms with Gasteiger partial charge in [-0.2, -0.15) is 0 Å². The van der Waals surface area contributed by atoms with Gasteiger partial charge >= 0.3 is 0 Å². The van der Waals surface area contributed by atoms with Crippen LogP contribution in [0.1, 0.15) is 31.2 Å². The van der Waals surface area contributed by atoms with Crippen LogP contribution in [0.15, 0.2) is 12.4 Å². The molecular weight excluding hydrogens is 212 g/mol. The molecule has 0 saturated carbocycles. The van der Waals surface area contributed by atoms with Gasteiger partial charge in [-0.05, 0) is 39.8 Å². The largest absolute Gasteiger partial charge is 0.307 e. The normalized spacial score (nSPS) is 18.5. The van der Waals surface area contributed by atoms with Crippen molar-refractivity contribution in [2.24, 2.45) is 0 Å². The first-order valence-corrected chi connectivity index (χ1v) is 6.47. The lowest BCUT2D eigenvalue weighted by molar-refractivity contribution is 0.298. The Morgan fingerprint density at radius 1 is 1.29 bits per heavy atom. The van der Waals surface area contributed by atoms with Gasteiger partial charge in [-0.25, -0.2) is 0 Å². The quantitative estimate of drug-likeness (QED) is 0.835. The third-order valence-corrected chi connectivity index (χ3v) is 3.20. The number of rotatable bonds is 5. The van der Waals surface area contributed by atoms with Crippen molar-refractivity contribution >= 4 is 0 Å². The molecule has 0 radical (unpaired) electrons. The Bertz CT molecular complexity index is 330. The monoisotopic (exact) mass is 234 g/mol. The Balaban J connectivity index is 1.71. The topological polar surface area (TPSA) is 41.1 Å². The maximum atomic E-state index is 4.34. The molecule has 1 fully saturated rings. The van der Waals surface area contributed by atoms with E-state index in [-0.39, 0.29) is 0 Å². The standard InChI is InChI=1S/C13H22N4/c1-11-7-16-13(8-14-11)9-15-12(2)10-17-5-3-4-6-17/h7-8,12,15H,3-6,9-10H2,1-2H3. The summed E-state index contributed by atoms with van der Waals surface area (Å²) in [7, 11) is 0. The molecule has 1 aromatic rings. The van der Waals surface area contributed by atoms with Crippen LogP contribution in [0.2, 0.25) is 0 Å². The third kappa shape index (κ3) is 4.06. The van der Waals surface area contributed by atoms with E-state index in [0.717, 1.165) is 24.5 Å². The number of aromatic nitrogens is 2. The number of aryl methyl sites for hydroxylation is 1. The summed E-state index contributed by atoms with van der Waals surface area (Å²) in [5, 5.41) is 3.50. The first-order valence-electron chi connectivity index (χ1n) is 6.47. The van der Waals surface area contributed by atoms with E-state index in [0.29, 0.717) is 6.04 Å². The second kappa shape index (κ2) is 6.07. The number of nitrogens with zero attached hydrogens (tertiary/aromatic N) is 3. The van der Waals surface area contributed by atoms with Crippen LogP contribution in [0, 0.1) is 6.92 Å². The van der Waals surface area contributed by atoms with Crippen molar-refractivity contribution in [1.82, 2.24) is 20.2 Å². The van der Waals surface area contributed by atoms with E-state index < -0.39 is 0 Å². The zero-order valence-electron chi connectivity index (χ0n) is 10.8. The highest BCUT2D eigenvalue weighted by Crippen LogP contribution is 2.07. The van der Waals surface area contributed by atoms with Crippen LogP contribution in [0.25, 0.3) is 0 Å². The fourth-order valence-corrected chi connectivity index (χ4v) is 2.21. The fraction of sp³-hybridized carbons (Fsp3) is 0.692. The van der Waals surface area contributed by atoms with E-state index in [2.05, 4.69) is 27.1 Å². The number of likely N-dealkylation sites (tertiary alicyclic amines) is 1. The highest BCUT2D eigenvalue weighted by Gasteiger charge is 2.14. The van der Waals surface area contributed by atoms with Gasteiger partial charge in [0, 0.05) is 31.5 Å². The zero-order valence-corrected chi connectivity index (χ0v) is 10.8. The van der Waals surface area contributed by atoms with Crippen LogP contribution in [-0.4, -0.2) is 40.5 Å².